The molecular formula is C14H25N3O3. The summed E-state index contributed by atoms with van der Waals surface area (Å²) in [4.78, 5) is 26.1. The molecule has 2 N–H and O–H groups in total. The van der Waals surface area contributed by atoms with E-state index >= 15 is 0 Å². The highest BCUT2D eigenvalue weighted by atomic mass is 16.5. The van der Waals surface area contributed by atoms with Gasteiger partial charge in [-0.2, -0.15) is 0 Å². The molecule has 2 amide bonds. The van der Waals surface area contributed by atoms with E-state index in [0.717, 1.165) is 32.4 Å². The Hall–Kier alpha value is -1.14. The van der Waals surface area contributed by atoms with E-state index in [-0.39, 0.29) is 24.0 Å². The largest absolute Gasteiger partial charge is 0.378 e. The number of piperazine rings is 1. The van der Waals surface area contributed by atoms with Crippen LogP contribution in [-0.4, -0.2) is 61.6 Å². The Morgan fingerprint density at radius 2 is 2.30 bits per heavy atom. The molecule has 0 spiro atoms. The minimum atomic E-state index is -0.374. The Morgan fingerprint density at radius 1 is 1.45 bits per heavy atom. The van der Waals surface area contributed by atoms with Crippen molar-refractivity contribution in [2.75, 3.05) is 32.8 Å². The fourth-order valence-corrected chi connectivity index (χ4v) is 2.83. The van der Waals surface area contributed by atoms with Crippen LogP contribution in [-0.2, 0) is 14.3 Å². The second kappa shape index (κ2) is 7.59. The van der Waals surface area contributed by atoms with Crippen LogP contribution in [0.5, 0.6) is 0 Å². The van der Waals surface area contributed by atoms with Crippen LogP contribution in [0, 0.1) is 0 Å². The van der Waals surface area contributed by atoms with Crippen LogP contribution in [0.3, 0.4) is 0 Å². The van der Waals surface area contributed by atoms with Crippen LogP contribution < -0.4 is 10.6 Å². The number of rotatable bonds is 5. The summed E-state index contributed by atoms with van der Waals surface area (Å²) in [5.41, 5.74) is 0. The van der Waals surface area contributed by atoms with Crippen molar-refractivity contribution in [3.05, 3.63) is 0 Å². The summed E-state index contributed by atoms with van der Waals surface area (Å²) in [6, 6.07) is -0.374. The van der Waals surface area contributed by atoms with E-state index in [9.17, 15) is 9.59 Å². The molecule has 2 saturated heterocycles. The molecule has 6 nitrogen and oxygen atoms in total. The molecule has 0 aliphatic carbocycles. The number of carbonyl (C=O) groups excluding carboxylic acids is 2. The summed E-state index contributed by atoms with van der Waals surface area (Å²) in [5, 5.41) is 5.98. The van der Waals surface area contributed by atoms with Crippen molar-refractivity contribution in [1.82, 2.24) is 15.5 Å². The molecule has 0 aromatic heterocycles. The first-order valence-corrected chi connectivity index (χ1v) is 7.62. The zero-order valence-electron chi connectivity index (χ0n) is 12.2. The van der Waals surface area contributed by atoms with Crippen LogP contribution in [0.2, 0.25) is 0 Å². The number of nitrogens with one attached hydrogen (secondary N) is 2. The maximum Gasteiger partial charge on any atom is 0.244 e. The van der Waals surface area contributed by atoms with Crippen LogP contribution in [0.25, 0.3) is 0 Å². The summed E-state index contributed by atoms with van der Waals surface area (Å²) in [6.45, 7) is 5.18. The first kappa shape index (κ1) is 15.3. The lowest BCUT2D eigenvalue weighted by Crippen LogP contribution is -2.59. The summed E-state index contributed by atoms with van der Waals surface area (Å²) in [6.07, 6.45) is 3.61. The molecule has 6 heteroatoms. The second-order valence-corrected chi connectivity index (χ2v) is 5.38. The summed E-state index contributed by atoms with van der Waals surface area (Å²) >= 11 is 0. The van der Waals surface area contributed by atoms with Crippen molar-refractivity contribution < 1.29 is 14.3 Å². The number of likely N-dealkylation sites (N-methyl/N-ethyl adjacent to an activating group) is 1. The van der Waals surface area contributed by atoms with Gasteiger partial charge in [-0.1, -0.05) is 0 Å². The molecule has 2 unspecified atom stereocenters. The number of carbonyl (C=O) groups is 2. The fraction of sp³-hybridized carbons (Fsp3) is 0.857. The quantitative estimate of drug-likeness (QED) is 0.738. The third-order valence-corrected chi connectivity index (χ3v) is 3.92. The average molecular weight is 283 g/mol. The maximum atomic E-state index is 12.3. The van der Waals surface area contributed by atoms with E-state index in [1.165, 1.54) is 0 Å². The Kier molecular flexibility index (Phi) is 5.79. The fourth-order valence-electron chi connectivity index (χ4n) is 2.83. The van der Waals surface area contributed by atoms with E-state index in [4.69, 9.17) is 4.74 Å². The van der Waals surface area contributed by atoms with Gasteiger partial charge in [-0.25, -0.2) is 0 Å². The maximum absolute atomic E-state index is 12.3. The van der Waals surface area contributed by atoms with E-state index in [0.29, 0.717) is 26.1 Å². The van der Waals surface area contributed by atoms with Gasteiger partial charge in [-0.3, -0.25) is 9.59 Å². The molecule has 2 aliphatic heterocycles. The van der Waals surface area contributed by atoms with Crippen LogP contribution in [0.1, 0.15) is 32.6 Å². The second-order valence-electron chi connectivity index (χ2n) is 5.38. The minimum absolute atomic E-state index is 0.0647. The standard InChI is InChI=1S/C14H25N3O3/c1-2-16-14(19)12-10-15-7-8-17(12)13(18)6-5-11-4-3-9-20-11/h11-12,15H,2-10H2,1H3,(H,16,19). The Bertz CT molecular complexity index is 343. The zero-order valence-corrected chi connectivity index (χ0v) is 12.2. The van der Waals surface area contributed by atoms with Gasteiger partial charge in [0.25, 0.3) is 0 Å². The van der Waals surface area contributed by atoms with Crippen LogP contribution in [0.15, 0.2) is 0 Å². The molecule has 2 rings (SSSR count). The van der Waals surface area contributed by atoms with E-state index in [1.54, 1.807) is 4.90 Å². The van der Waals surface area contributed by atoms with Crippen LogP contribution in [0.4, 0.5) is 0 Å². The Morgan fingerprint density at radius 3 is 3.00 bits per heavy atom. The first-order chi connectivity index (χ1) is 9.72. The number of nitrogens with zero attached hydrogens (tertiary/aromatic N) is 1. The number of ether oxygens (including phenoxy) is 1. The van der Waals surface area contributed by atoms with Gasteiger partial charge in [0.05, 0.1) is 6.10 Å². The molecule has 2 heterocycles. The number of amides is 2. The van der Waals surface area contributed by atoms with Gasteiger partial charge in [-0.05, 0) is 26.2 Å². The van der Waals surface area contributed by atoms with Crippen molar-refractivity contribution in [3.8, 4) is 0 Å². The first-order valence-electron chi connectivity index (χ1n) is 7.62. The molecule has 0 aromatic rings. The molecule has 20 heavy (non-hydrogen) atoms. The van der Waals surface area contributed by atoms with Crippen molar-refractivity contribution in [3.63, 3.8) is 0 Å². The summed E-state index contributed by atoms with van der Waals surface area (Å²) in [5.74, 6) is 0.00317. The Balaban J connectivity index is 1.85. The predicted octanol–water partition coefficient (Wildman–Crippen LogP) is -0.118. The summed E-state index contributed by atoms with van der Waals surface area (Å²) < 4.78 is 5.54. The molecule has 2 fully saturated rings. The highest BCUT2D eigenvalue weighted by Gasteiger charge is 2.31. The van der Waals surface area contributed by atoms with Crippen molar-refractivity contribution in [2.24, 2.45) is 0 Å². The minimum Gasteiger partial charge on any atom is -0.378 e. The van der Waals surface area contributed by atoms with Gasteiger partial charge in [0, 0.05) is 39.2 Å². The van der Waals surface area contributed by atoms with Gasteiger partial charge in [-0.15, -0.1) is 0 Å². The number of hydrogen-bond acceptors (Lipinski definition) is 4. The molecular weight excluding hydrogens is 258 g/mol. The van der Waals surface area contributed by atoms with Crippen molar-refractivity contribution in [2.45, 2.75) is 44.8 Å². The summed E-state index contributed by atoms with van der Waals surface area (Å²) in [7, 11) is 0. The van der Waals surface area contributed by atoms with Gasteiger partial charge >= 0.3 is 0 Å². The zero-order chi connectivity index (χ0) is 14.4. The molecule has 0 saturated carbocycles. The molecule has 2 atom stereocenters. The molecule has 2 aliphatic rings. The highest BCUT2D eigenvalue weighted by molar-refractivity contribution is 5.88. The van der Waals surface area contributed by atoms with E-state index < -0.39 is 0 Å². The SMILES string of the molecule is CCNC(=O)C1CNCCN1C(=O)CCC1CCCO1. The van der Waals surface area contributed by atoms with Crippen LogP contribution >= 0.6 is 0 Å². The molecule has 0 radical (unpaired) electrons. The average Bonchev–Trinajstić information content (AvgIpc) is 2.98. The van der Waals surface area contributed by atoms with Gasteiger partial charge in [0.15, 0.2) is 0 Å². The van der Waals surface area contributed by atoms with E-state index in [1.807, 2.05) is 6.92 Å². The smallest absolute Gasteiger partial charge is 0.244 e. The Labute approximate surface area is 120 Å². The molecule has 0 aromatic carbocycles. The molecule has 114 valence electrons. The third-order valence-electron chi connectivity index (χ3n) is 3.92. The van der Waals surface area contributed by atoms with Crippen molar-refractivity contribution >= 4 is 11.8 Å². The highest BCUT2D eigenvalue weighted by Crippen LogP contribution is 2.18. The van der Waals surface area contributed by atoms with Crippen molar-refractivity contribution in [1.29, 1.82) is 0 Å². The normalized spacial score (nSPS) is 26.6. The topological polar surface area (TPSA) is 70.7 Å². The van der Waals surface area contributed by atoms with Gasteiger partial charge in [0.1, 0.15) is 6.04 Å². The number of hydrogen-bond donors (Lipinski definition) is 2. The third kappa shape index (κ3) is 3.93. The lowest BCUT2D eigenvalue weighted by molar-refractivity contribution is -0.142. The molecule has 0 bridgehead atoms. The lowest BCUT2D eigenvalue weighted by atomic mass is 10.1. The predicted molar refractivity (Wildman–Crippen MR) is 75.3 cm³/mol. The van der Waals surface area contributed by atoms with E-state index in [2.05, 4.69) is 10.6 Å². The lowest BCUT2D eigenvalue weighted by Gasteiger charge is -2.35. The van der Waals surface area contributed by atoms with Gasteiger partial charge in [0.2, 0.25) is 11.8 Å². The van der Waals surface area contributed by atoms with Gasteiger partial charge < -0.3 is 20.3 Å². The monoisotopic (exact) mass is 283 g/mol.